The molecule has 2 rings (SSSR count). The molecule has 0 spiro atoms. The molecule has 0 saturated carbocycles. The van der Waals surface area contributed by atoms with Crippen LogP contribution < -0.4 is 10.6 Å². The van der Waals surface area contributed by atoms with Crippen molar-refractivity contribution in [3.8, 4) is 0 Å². The molecule has 0 aromatic heterocycles. The molecule has 0 saturated heterocycles. The fourth-order valence-electron chi connectivity index (χ4n) is 1.90. The van der Waals surface area contributed by atoms with Gasteiger partial charge in [-0.1, -0.05) is 42.5 Å². The molecule has 0 aliphatic rings. The van der Waals surface area contributed by atoms with Crippen LogP contribution in [-0.2, 0) is 11.3 Å². The predicted molar refractivity (Wildman–Crippen MR) is 88.0 cm³/mol. The molecule has 5 heteroatoms. The molecule has 22 heavy (non-hydrogen) atoms. The van der Waals surface area contributed by atoms with E-state index in [1.165, 1.54) is 0 Å². The van der Waals surface area contributed by atoms with Gasteiger partial charge < -0.3 is 10.6 Å². The minimum atomic E-state index is -0.666. The van der Waals surface area contributed by atoms with E-state index in [-0.39, 0.29) is 11.8 Å². The van der Waals surface area contributed by atoms with Gasteiger partial charge in [0.15, 0.2) is 0 Å². The van der Waals surface area contributed by atoms with Crippen LogP contribution in [0.25, 0.3) is 0 Å². The van der Waals surface area contributed by atoms with E-state index < -0.39 is 5.38 Å². The van der Waals surface area contributed by atoms with E-state index in [0.29, 0.717) is 17.8 Å². The number of carbonyl (C=O) groups excluding carboxylic acids is 2. The van der Waals surface area contributed by atoms with Crippen molar-refractivity contribution in [2.24, 2.45) is 0 Å². The van der Waals surface area contributed by atoms with Crippen LogP contribution in [0.3, 0.4) is 0 Å². The first kappa shape index (κ1) is 16.0. The van der Waals surface area contributed by atoms with Crippen LogP contribution in [0.1, 0.15) is 22.8 Å². The molecule has 2 N–H and O–H groups in total. The molecule has 4 nitrogen and oxygen atoms in total. The summed E-state index contributed by atoms with van der Waals surface area (Å²) in [7, 11) is 0. The summed E-state index contributed by atoms with van der Waals surface area (Å²) in [5, 5.41) is 4.83. The van der Waals surface area contributed by atoms with E-state index in [2.05, 4.69) is 10.6 Å². The van der Waals surface area contributed by atoms with Crippen LogP contribution in [0.4, 0.5) is 5.69 Å². The Morgan fingerprint density at radius 3 is 2.36 bits per heavy atom. The SMILES string of the molecule is C[C@H](Cl)C(=O)Nc1ccccc1C(=O)NCc1ccccc1. The number of benzene rings is 2. The minimum absolute atomic E-state index is 0.248. The first-order valence-corrected chi connectivity index (χ1v) is 7.37. The highest BCUT2D eigenvalue weighted by Gasteiger charge is 2.15. The highest BCUT2D eigenvalue weighted by molar-refractivity contribution is 6.32. The summed E-state index contributed by atoms with van der Waals surface area (Å²) >= 11 is 5.74. The second kappa shape index (κ2) is 7.61. The second-order valence-electron chi connectivity index (χ2n) is 4.82. The van der Waals surface area contributed by atoms with Gasteiger partial charge in [-0.25, -0.2) is 0 Å². The lowest BCUT2D eigenvalue weighted by molar-refractivity contribution is -0.115. The summed E-state index contributed by atoms with van der Waals surface area (Å²) in [6, 6.07) is 16.5. The predicted octanol–water partition coefficient (Wildman–Crippen LogP) is 3.18. The van der Waals surface area contributed by atoms with Crippen LogP contribution in [0.5, 0.6) is 0 Å². The van der Waals surface area contributed by atoms with Crippen LogP contribution in [0, 0.1) is 0 Å². The van der Waals surface area contributed by atoms with Gasteiger partial charge in [-0.3, -0.25) is 9.59 Å². The van der Waals surface area contributed by atoms with Crippen molar-refractivity contribution >= 4 is 29.1 Å². The Kier molecular flexibility index (Phi) is 5.55. The molecule has 1 atom stereocenters. The van der Waals surface area contributed by atoms with E-state index in [1.807, 2.05) is 30.3 Å². The van der Waals surface area contributed by atoms with Crippen molar-refractivity contribution in [2.45, 2.75) is 18.8 Å². The van der Waals surface area contributed by atoms with Gasteiger partial charge in [-0.15, -0.1) is 11.6 Å². The van der Waals surface area contributed by atoms with Gasteiger partial charge in [0, 0.05) is 6.54 Å². The van der Waals surface area contributed by atoms with E-state index in [1.54, 1.807) is 31.2 Å². The second-order valence-corrected chi connectivity index (χ2v) is 5.47. The number of rotatable bonds is 5. The molecule has 0 fully saturated rings. The fraction of sp³-hybridized carbons (Fsp3) is 0.176. The number of hydrogen-bond donors (Lipinski definition) is 2. The molecule has 0 aliphatic heterocycles. The lowest BCUT2D eigenvalue weighted by Crippen LogP contribution is -2.26. The highest BCUT2D eigenvalue weighted by Crippen LogP contribution is 2.16. The number of carbonyl (C=O) groups is 2. The first-order chi connectivity index (χ1) is 10.6. The van der Waals surface area contributed by atoms with Gasteiger partial charge in [0.2, 0.25) is 5.91 Å². The smallest absolute Gasteiger partial charge is 0.253 e. The summed E-state index contributed by atoms with van der Waals surface area (Å²) in [5.74, 6) is -0.591. The standard InChI is InChI=1S/C17H17ClN2O2/c1-12(18)16(21)20-15-10-6-5-9-14(15)17(22)19-11-13-7-3-2-4-8-13/h2-10,12H,11H2,1H3,(H,19,22)(H,20,21)/t12-/m0/s1. The molecule has 0 bridgehead atoms. The third-order valence-corrected chi connectivity index (χ3v) is 3.28. The van der Waals surface area contributed by atoms with Gasteiger partial charge in [0.05, 0.1) is 11.3 Å². The number of amides is 2. The molecular formula is C17H17ClN2O2. The molecule has 0 unspecified atom stereocenters. The van der Waals surface area contributed by atoms with Gasteiger partial charge in [-0.2, -0.15) is 0 Å². The van der Waals surface area contributed by atoms with E-state index in [0.717, 1.165) is 5.56 Å². The van der Waals surface area contributed by atoms with Crippen molar-refractivity contribution in [3.63, 3.8) is 0 Å². The number of hydrogen-bond acceptors (Lipinski definition) is 2. The van der Waals surface area contributed by atoms with Crippen molar-refractivity contribution in [1.29, 1.82) is 0 Å². The zero-order valence-corrected chi connectivity index (χ0v) is 12.9. The molecule has 114 valence electrons. The summed E-state index contributed by atoms with van der Waals surface area (Å²) < 4.78 is 0. The summed E-state index contributed by atoms with van der Waals surface area (Å²) in [6.45, 7) is 2.00. The van der Waals surface area contributed by atoms with E-state index >= 15 is 0 Å². The molecule has 2 amide bonds. The zero-order chi connectivity index (χ0) is 15.9. The highest BCUT2D eigenvalue weighted by atomic mass is 35.5. The summed E-state index contributed by atoms with van der Waals surface area (Å²) in [4.78, 5) is 24.0. The number of halogens is 1. The topological polar surface area (TPSA) is 58.2 Å². The lowest BCUT2D eigenvalue weighted by atomic mass is 10.1. The van der Waals surface area contributed by atoms with Crippen LogP contribution in [0.2, 0.25) is 0 Å². The molecule has 0 radical (unpaired) electrons. The summed E-state index contributed by atoms with van der Waals surface area (Å²) in [6.07, 6.45) is 0. The normalized spacial score (nSPS) is 11.5. The Hall–Kier alpha value is -2.33. The number of anilines is 1. The third kappa shape index (κ3) is 4.33. The maximum Gasteiger partial charge on any atom is 0.253 e. The van der Waals surface area contributed by atoms with Gasteiger partial charge >= 0.3 is 0 Å². The maximum atomic E-state index is 12.3. The van der Waals surface area contributed by atoms with Crippen molar-refractivity contribution in [2.75, 3.05) is 5.32 Å². The molecule has 0 aliphatic carbocycles. The van der Waals surface area contributed by atoms with E-state index in [4.69, 9.17) is 11.6 Å². The number of alkyl halides is 1. The Bertz CT molecular complexity index is 657. The third-order valence-electron chi connectivity index (χ3n) is 3.09. The summed E-state index contributed by atoms with van der Waals surface area (Å²) in [5.41, 5.74) is 1.86. The Morgan fingerprint density at radius 2 is 1.68 bits per heavy atom. The average Bonchev–Trinajstić information content (AvgIpc) is 2.54. The van der Waals surface area contributed by atoms with Gasteiger partial charge in [0.1, 0.15) is 5.38 Å². The van der Waals surface area contributed by atoms with Crippen LogP contribution in [-0.4, -0.2) is 17.2 Å². The minimum Gasteiger partial charge on any atom is -0.348 e. The number of para-hydroxylation sites is 1. The average molecular weight is 317 g/mol. The molecular weight excluding hydrogens is 300 g/mol. The zero-order valence-electron chi connectivity index (χ0n) is 12.2. The number of nitrogens with one attached hydrogen (secondary N) is 2. The maximum absolute atomic E-state index is 12.3. The van der Waals surface area contributed by atoms with E-state index in [9.17, 15) is 9.59 Å². The lowest BCUT2D eigenvalue weighted by Gasteiger charge is -2.12. The Morgan fingerprint density at radius 1 is 1.05 bits per heavy atom. The van der Waals surface area contributed by atoms with Crippen molar-refractivity contribution < 1.29 is 9.59 Å². The monoisotopic (exact) mass is 316 g/mol. The molecule has 2 aromatic rings. The quantitative estimate of drug-likeness (QED) is 0.832. The largest absolute Gasteiger partial charge is 0.348 e. The van der Waals surface area contributed by atoms with Crippen molar-refractivity contribution in [3.05, 3.63) is 65.7 Å². The van der Waals surface area contributed by atoms with Crippen LogP contribution in [0.15, 0.2) is 54.6 Å². The Labute approximate surface area is 134 Å². The van der Waals surface area contributed by atoms with Crippen LogP contribution >= 0.6 is 11.6 Å². The Balaban J connectivity index is 2.07. The van der Waals surface area contributed by atoms with Gasteiger partial charge in [0.25, 0.3) is 5.91 Å². The molecule has 0 heterocycles. The fourth-order valence-corrected chi connectivity index (χ4v) is 1.95. The first-order valence-electron chi connectivity index (χ1n) is 6.94. The van der Waals surface area contributed by atoms with Gasteiger partial charge in [-0.05, 0) is 24.6 Å². The molecule has 2 aromatic carbocycles. The van der Waals surface area contributed by atoms with Crippen molar-refractivity contribution in [1.82, 2.24) is 5.32 Å².